The summed E-state index contributed by atoms with van der Waals surface area (Å²) in [5.41, 5.74) is 0. The fourth-order valence-corrected chi connectivity index (χ4v) is 3.78. The van der Waals surface area contributed by atoms with Crippen molar-refractivity contribution in [3.05, 3.63) is 0 Å². The molecule has 0 amide bonds. The number of aliphatic hydroxyl groups is 3. The Labute approximate surface area is 101 Å². The van der Waals surface area contributed by atoms with Gasteiger partial charge in [0.2, 0.25) is 0 Å². The molecule has 0 heterocycles. The van der Waals surface area contributed by atoms with Crippen molar-refractivity contribution in [2.75, 3.05) is 11.5 Å². The largest absolute Gasteiger partial charge is 0.390 e. The Kier molecular flexibility index (Phi) is 9.04. The van der Waals surface area contributed by atoms with Gasteiger partial charge >= 0.3 is 0 Å². The van der Waals surface area contributed by atoms with Crippen LogP contribution in [-0.4, -0.2) is 49.7 Å². The van der Waals surface area contributed by atoms with Gasteiger partial charge in [0.1, 0.15) is 12.2 Å². The lowest BCUT2D eigenvalue weighted by Gasteiger charge is -2.28. The molecule has 0 aliphatic rings. The first-order valence-corrected chi connectivity index (χ1v) is 7.45. The molecule has 0 rings (SSSR count). The lowest BCUT2D eigenvalue weighted by atomic mass is 10.1. The van der Waals surface area contributed by atoms with E-state index in [4.69, 9.17) is 0 Å². The van der Waals surface area contributed by atoms with Gasteiger partial charge in [-0.1, -0.05) is 20.8 Å². The van der Waals surface area contributed by atoms with Gasteiger partial charge < -0.3 is 15.3 Å². The molecular formula is C10H22O3S2. The zero-order valence-electron chi connectivity index (χ0n) is 9.59. The minimum absolute atomic E-state index is 0.0591. The summed E-state index contributed by atoms with van der Waals surface area (Å²) in [6.07, 6.45) is -2.29. The van der Waals surface area contributed by atoms with E-state index in [2.05, 4.69) is 0 Å². The zero-order valence-corrected chi connectivity index (χ0v) is 11.2. The van der Waals surface area contributed by atoms with E-state index < -0.39 is 18.3 Å². The van der Waals surface area contributed by atoms with Crippen LogP contribution in [0.3, 0.4) is 0 Å². The summed E-state index contributed by atoms with van der Waals surface area (Å²) in [5.74, 6) is 1.79. The number of hydrogen-bond acceptors (Lipinski definition) is 5. The monoisotopic (exact) mass is 254 g/mol. The maximum Gasteiger partial charge on any atom is 0.108 e. The van der Waals surface area contributed by atoms with Crippen LogP contribution in [0.2, 0.25) is 0 Å². The topological polar surface area (TPSA) is 60.7 Å². The molecule has 0 saturated heterocycles. The molecule has 0 unspecified atom stereocenters. The molecule has 0 spiro atoms. The fourth-order valence-electron chi connectivity index (χ4n) is 1.20. The Morgan fingerprint density at radius 3 is 1.67 bits per heavy atom. The second kappa shape index (κ2) is 8.70. The van der Waals surface area contributed by atoms with Crippen molar-refractivity contribution in [2.45, 2.75) is 50.1 Å². The number of rotatable bonds is 8. The summed E-state index contributed by atoms with van der Waals surface area (Å²) < 4.78 is -0.0591. The van der Waals surface area contributed by atoms with Crippen LogP contribution in [0.4, 0.5) is 0 Å². The summed E-state index contributed by atoms with van der Waals surface area (Å²) >= 11 is 3.21. The lowest BCUT2D eigenvalue weighted by molar-refractivity contribution is -0.0533. The van der Waals surface area contributed by atoms with Crippen LogP contribution in [0.1, 0.15) is 27.2 Å². The molecule has 0 aromatic rings. The normalized spacial score (nSPS) is 17.8. The number of aliphatic hydroxyl groups excluding tert-OH is 3. The van der Waals surface area contributed by atoms with Crippen LogP contribution in [0, 0.1) is 0 Å². The predicted octanol–water partition coefficient (Wildman–Crippen LogP) is 1.31. The molecule has 15 heavy (non-hydrogen) atoms. The van der Waals surface area contributed by atoms with Gasteiger partial charge in [-0.3, -0.25) is 0 Å². The summed E-state index contributed by atoms with van der Waals surface area (Å²) in [5, 5.41) is 29.0. The predicted molar refractivity (Wildman–Crippen MR) is 68.4 cm³/mol. The highest BCUT2D eigenvalue weighted by molar-refractivity contribution is 8.17. The molecule has 0 radical (unpaired) electrons. The van der Waals surface area contributed by atoms with E-state index in [0.29, 0.717) is 6.42 Å². The second-order valence-electron chi connectivity index (χ2n) is 3.24. The van der Waals surface area contributed by atoms with Gasteiger partial charge in [-0.2, -0.15) is 0 Å². The van der Waals surface area contributed by atoms with Crippen LogP contribution in [0.15, 0.2) is 0 Å². The van der Waals surface area contributed by atoms with Crippen molar-refractivity contribution in [3.63, 3.8) is 0 Å². The molecule has 3 N–H and O–H groups in total. The maximum absolute atomic E-state index is 9.89. The van der Waals surface area contributed by atoms with E-state index in [9.17, 15) is 15.3 Å². The Morgan fingerprint density at radius 1 is 0.867 bits per heavy atom. The Balaban J connectivity index is 4.26. The van der Waals surface area contributed by atoms with Crippen LogP contribution >= 0.6 is 23.5 Å². The minimum atomic E-state index is -1.04. The van der Waals surface area contributed by atoms with E-state index in [0.717, 1.165) is 11.5 Å². The van der Waals surface area contributed by atoms with Crippen molar-refractivity contribution >= 4 is 23.5 Å². The molecule has 3 atom stereocenters. The standard InChI is InChI=1S/C10H22O3S2/c1-4-7(11)8(12)9(13)10(14-5-2)15-6-3/h7-13H,4-6H2,1-3H3/t7-,8-,9+/m1/s1. The van der Waals surface area contributed by atoms with E-state index in [1.807, 2.05) is 13.8 Å². The molecule has 0 saturated carbocycles. The summed E-state index contributed by atoms with van der Waals surface area (Å²) in [6, 6.07) is 0. The number of thioether (sulfide) groups is 2. The third kappa shape index (κ3) is 5.45. The molecule has 0 aliphatic carbocycles. The van der Waals surface area contributed by atoms with Crippen molar-refractivity contribution in [1.29, 1.82) is 0 Å². The average Bonchev–Trinajstić information content (AvgIpc) is 2.25. The number of hydrogen-bond donors (Lipinski definition) is 3. The molecule has 0 fully saturated rings. The fraction of sp³-hybridized carbons (Fsp3) is 1.00. The van der Waals surface area contributed by atoms with Gasteiger partial charge in [0.15, 0.2) is 0 Å². The van der Waals surface area contributed by atoms with Gasteiger partial charge in [-0.25, -0.2) is 0 Å². The summed E-state index contributed by atoms with van der Waals surface area (Å²) in [4.78, 5) is 0. The van der Waals surface area contributed by atoms with Crippen molar-refractivity contribution in [3.8, 4) is 0 Å². The first-order valence-electron chi connectivity index (χ1n) is 5.35. The highest BCUT2D eigenvalue weighted by Crippen LogP contribution is 2.29. The average molecular weight is 254 g/mol. The van der Waals surface area contributed by atoms with E-state index >= 15 is 0 Å². The molecule has 92 valence electrons. The third-order valence-electron chi connectivity index (χ3n) is 2.10. The van der Waals surface area contributed by atoms with Crippen molar-refractivity contribution in [2.24, 2.45) is 0 Å². The molecule has 3 nitrogen and oxygen atoms in total. The highest BCUT2D eigenvalue weighted by atomic mass is 32.2. The Bertz CT molecular complexity index is 152. The molecule has 0 aromatic carbocycles. The third-order valence-corrected chi connectivity index (χ3v) is 4.80. The smallest absolute Gasteiger partial charge is 0.108 e. The van der Waals surface area contributed by atoms with Crippen LogP contribution in [0.5, 0.6) is 0 Å². The van der Waals surface area contributed by atoms with E-state index in [-0.39, 0.29) is 4.58 Å². The highest BCUT2D eigenvalue weighted by Gasteiger charge is 2.30. The second-order valence-corrected chi connectivity index (χ2v) is 6.37. The van der Waals surface area contributed by atoms with Gasteiger partial charge in [0.25, 0.3) is 0 Å². The molecule has 5 heteroatoms. The van der Waals surface area contributed by atoms with Crippen molar-refractivity contribution in [1.82, 2.24) is 0 Å². The Morgan fingerprint density at radius 2 is 1.33 bits per heavy atom. The molecule has 0 bridgehead atoms. The van der Waals surface area contributed by atoms with Gasteiger partial charge in [-0.15, -0.1) is 23.5 Å². The van der Waals surface area contributed by atoms with Crippen molar-refractivity contribution < 1.29 is 15.3 Å². The first-order chi connectivity index (χ1) is 7.08. The van der Waals surface area contributed by atoms with Crippen LogP contribution in [-0.2, 0) is 0 Å². The van der Waals surface area contributed by atoms with E-state index in [1.54, 1.807) is 30.4 Å². The maximum atomic E-state index is 9.89. The Hall–Kier alpha value is 0.580. The first kappa shape index (κ1) is 15.6. The van der Waals surface area contributed by atoms with Gasteiger partial charge in [-0.05, 0) is 17.9 Å². The summed E-state index contributed by atoms with van der Waals surface area (Å²) in [7, 11) is 0. The molecular weight excluding hydrogens is 232 g/mol. The van der Waals surface area contributed by atoms with Gasteiger partial charge in [0.05, 0.1) is 10.7 Å². The SMILES string of the molecule is CCSC(SCC)[C@@H](O)[C@H](O)[C@H](O)CC. The summed E-state index contributed by atoms with van der Waals surface area (Å²) in [6.45, 7) is 5.82. The van der Waals surface area contributed by atoms with Crippen LogP contribution in [0.25, 0.3) is 0 Å². The molecule has 0 aromatic heterocycles. The molecule has 0 aliphatic heterocycles. The van der Waals surface area contributed by atoms with Gasteiger partial charge in [0, 0.05) is 0 Å². The lowest BCUT2D eigenvalue weighted by Crippen LogP contribution is -2.42. The van der Waals surface area contributed by atoms with E-state index in [1.165, 1.54) is 0 Å². The zero-order chi connectivity index (χ0) is 11.8. The minimum Gasteiger partial charge on any atom is -0.390 e. The van der Waals surface area contributed by atoms with Crippen LogP contribution < -0.4 is 0 Å². The quantitative estimate of drug-likeness (QED) is 0.570.